The van der Waals surface area contributed by atoms with Gasteiger partial charge in [0.25, 0.3) is 0 Å². The molecule has 1 aliphatic carbocycles. The summed E-state index contributed by atoms with van der Waals surface area (Å²) in [5.74, 6) is 0.494. The summed E-state index contributed by atoms with van der Waals surface area (Å²) in [6, 6.07) is 8.70. The molecule has 0 unspecified atom stereocenters. The normalized spacial score (nSPS) is 27.2. The molecule has 3 rings (SSSR count). The zero-order chi connectivity index (χ0) is 13.3. The molecule has 0 amide bonds. The first kappa shape index (κ1) is 12.6. The summed E-state index contributed by atoms with van der Waals surface area (Å²) in [4.78, 5) is 0.388. The Balaban J connectivity index is 1.93. The number of hydrogen-bond donors (Lipinski definition) is 0. The van der Waals surface area contributed by atoms with Gasteiger partial charge in [0.15, 0.2) is 0 Å². The molecule has 100 valence electrons. The van der Waals surface area contributed by atoms with E-state index in [0.717, 1.165) is 6.42 Å². The van der Waals surface area contributed by atoms with Gasteiger partial charge in [-0.2, -0.15) is 4.31 Å². The van der Waals surface area contributed by atoms with Gasteiger partial charge in [0.2, 0.25) is 10.0 Å². The number of benzene rings is 1. The minimum atomic E-state index is -3.37. The predicted molar refractivity (Wildman–Crippen MR) is 75.1 cm³/mol. The fourth-order valence-electron chi connectivity index (χ4n) is 2.64. The first-order valence-corrected chi connectivity index (χ1v) is 8.00. The van der Waals surface area contributed by atoms with E-state index in [1.165, 1.54) is 0 Å². The molecule has 1 aliphatic heterocycles. The van der Waals surface area contributed by atoms with Crippen molar-refractivity contribution in [3.63, 3.8) is 0 Å². The quantitative estimate of drug-likeness (QED) is 0.777. The first-order chi connectivity index (χ1) is 9.16. The molecule has 0 saturated carbocycles. The summed E-state index contributed by atoms with van der Waals surface area (Å²) in [5, 5.41) is 0. The lowest BCUT2D eigenvalue weighted by atomic mass is 10.1. The molecule has 0 aromatic heterocycles. The summed E-state index contributed by atoms with van der Waals surface area (Å²) in [6.45, 7) is 1.12. The number of allylic oxidation sites excluding steroid dienone is 1. The Kier molecular flexibility index (Phi) is 3.29. The van der Waals surface area contributed by atoms with E-state index in [0.29, 0.717) is 23.9 Å². The van der Waals surface area contributed by atoms with Gasteiger partial charge < -0.3 is 0 Å². The van der Waals surface area contributed by atoms with Crippen molar-refractivity contribution in [3.05, 3.63) is 54.6 Å². The lowest BCUT2D eigenvalue weighted by Crippen LogP contribution is -2.37. The first-order valence-electron chi connectivity index (χ1n) is 6.56. The lowest BCUT2D eigenvalue weighted by molar-refractivity contribution is 0.364. The maximum absolute atomic E-state index is 12.6. The molecule has 2 aliphatic rings. The Hall–Kier alpha value is -1.39. The van der Waals surface area contributed by atoms with E-state index in [2.05, 4.69) is 24.3 Å². The van der Waals surface area contributed by atoms with Crippen LogP contribution >= 0.6 is 0 Å². The third-order valence-corrected chi connectivity index (χ3v) is 5.53. The molecule has 0 saturated heterocycles. The second kappa shape index (κ2) is 4.94. The summed E-state index contributed by atoms with van der Waals surface area (Å²) in [6.07, 6.45) is 9.50. The molecular formula is C15H17NO2S. The number of hydrogen-bond acceptors (Lipinski definition) is 2. The molecule has 1 aromatic rings. The van der Waals surface area contributed by atoms with E-state index in [1.54, 1.807) is 28.6 Å². The van der Waals surface area contributed by atoms with E-state index in [4.69, 9.17) is 0 Å². The fourth-order valence-corrected chi connectivity index (χ4v) is 4.19. The van der Waals surface area contributed by atoms with Gasteiger partial charge >= 0.3 is 0 Å². The second-order valence-electron chi connectivity index (χ2n) is 5.11. The van der Waals surface area contributed by atoms with Crippen molar-refractivity contribution in [3.8, 4) is 0 Å². The maximum Gasteiger partial charge on any atom is 0.243 e. The Morgan fingerprint density at radius 3 is 2.58 bits per heavy atom. The third-order valence-electron chi connectivity index (χ3n) is 3.69. The lowest BCUT2D eigenvalue weighted by Gasteiger charge is -2.26. The van der Waals surface area contributed by atoms with Gasteiger partial charge in [-0.25, -0.2) is 8.42 Å². The Morgan fingerprint density at radius 1 is 1.00 bits per heavy atom. The highest BCUT2D eigenvalue weighted by Gasteiger charge is 2.30. The molecule has 19 heavy (non-hydrogen) atoms. The van der Waals surface area contributed by atoms with Gasteiger partial charge in [0.1, 0.15) is 0 Å². The summed E-state index contributed by atoms with van der Waals surface area (Å²) < 4.78 is 26.9. The molecule has 0 spiro atoms. The smallest absolute Gasteiger partial charge is 0.207 e. The molecule has 2 bridgehead atoms. The van der Waals surface area contributed by atoms with Crippen molar-refractivity contribution < 1.29 is 8.42 Å². The highest BCUT2D eigenvalue weighted by Crippen LogP contribution is 2.26. The predicted octanol–water partition coefficient (Wildman–Crippen LogP) is 2.44. The van der Waals surface area contributed by atoms with Gasteiger partial charge in [-0.1, -0.05) is 42.5 Å². The van der Waals surface area contributed by atoms with Crippen LogP contribution in [0.25, 0.3) is 0 Å². The van der Waals surface area contributed by atoms with Gasteiger partial charge in [0.05, 0.1) is 4.90 Å². The van der Waals surface area contributed by atoms with Crippen LogP contribution in [-0.4, -0.2) is 25.8 Å². The molecule has 1 heterocycles. The zero-order valence-corrected chi connectivity index (χ0v) is 11.5. The average Bonchev–Trinajstić information content (AvgIpc) is 2.73. The van der Waals surface area contributed by atoms with Gasteiger partial charge in [-0.15, -0.1) is 0 Å². The molecule has 4 heteroatoms. The Labute approximate surface area is 114 Å². The number of nitrogens with zero attached hydrogens (tertiary/aromatic N) is 1. The van der Waals surface area contributed by atoms with Crippen molar-refractivity contribution in [2.45, 2.75) is 11.3 Å². The highest BCUT2D eigenvalue weighted by molar-refractivity contribution is 7.89. The fraction of sp³-hybridized carbons (Fsp3) is 0.333. The molecule has 3 nitrogen and oxygen atoms in total. The third kappa shape index (κ3) is 2.51. The van der Waals surface area contributed by atoms with Crippen LogP contribution in [0, 0.1) is 11.8 Å². The van der Waals surface area contributed by atoms with Crippen LogP contribution in [0.1, 0.15) is 6.42 Å². The Bertz CT molecular complexity index is 604. The second-order valence-corrected chi connectivity index (χ2v) is 7.05. The van der Waals surface area contributed by atoms with Crippen molar-refractivity contribution in [1.29, 1.82) is 0 Å². The largest absolute Gasteiger partial charge is 0.243 e. The maximum atomic E-state index is 12.6. The van der Waals surface area contributed by atoms with Crippen LogP contribution in [0.3, 0.4) is 0 Å². The van der Waals surface area contributed by atoms with E-state index >= 15 is 0 Å². The van der Waals surface area contributed by atoms with Gasteiger partial charge in [-0.05, 0) is 24.5 Å². The van der Waals surface area contributed by atoms with E-state index in [1.807, 2.05) is 6.07 Å². The number of fused-ring (bicyclic) bond motifs is 2. The van der Waals surface area contributed by atoms with E-state index in [9.17, 15) is 8.42 Å². The average molecular weight is 275 g/mol. The van der Waals surface area contributed by atoms with Crippen LogP contribution in [0.5, 0.6) is 0 Å². The van der Waals surface area contributed by atoms with Crippen molar-refractivity contribution in [2.24, 2.45) is 11.8 Å². The molecule has 2 atom stereocenters. The molecular weight excluding hydrogens is 258 g/mol. The molecule has 0 radical (unpaired) electrons. The summed E-state index contributed by atoms with van der Waals surface area (Å²) in [7, 11) is -3.37. The van der Waals surface area contributed by atoms with Gasteiger partial charge in [-0.3, -0.25) is 0 Å². The SMILES string of the molecule is O=S(=O)(c1ccccc1)N1C[C@@H]2C=CC[C@@H](C=C2)C1. The molecule has 1 aromatic carbocycles. The van der Waals surface area contributed by atoms with Crippen LogP contribution in [-0.2, 0) is 10.0 Å². The van der Waals surface area contributed by atoms with Crippen LogP contribution in [0.2, 0.25) is 0 Å². The summed E-state index contributed by atoms with van der Waals surface area (Å²) >= 11 is 0. The van der Waals surface area contributed by atoms with E-state index < -0.39 is 10.0 Å². The minimum absolute atomic E-state index is 0.200. The van der Waals surface area contributed by atoms with Crippen LogP contribution in [0.15, 0.2) is 59.5 Å². The van der Waals surface area contributed by atoms with Crippen LogP contribution < -0.4 is 0 Å². The zero-order valence-electron chi connectivity index (χ0n) is 10.6. The summed E-state index contributed by atoms with van der Waals surface area (Å²) in [5.41, 5.74) is 0. The topological polar surface area (TPSA) is 37.4 Å². The minimum Gasteiger partial charge on any atom is -0.207 e. The Morgan fingerprint density at radius 2 is 1.79 bits per heavy atom. The molecule has 0 fully saturated rings. The van der Waals surface area contributed by atoms with Crippen molar-refractivity contribution in [1.82, 2.24) is 4.31 Å². The standard InChI is InChI=1S/C15H17NO2S/c17-19(18,15-7-2-1-3-8-15)16-11-13-5-4-6-14(12-16)10-9-13/h1-5,7-10,13-14H,6,11-12H2/t13-,14+/m1/s1. The van der Waals surface area contributed by atoms with Gasteiger partial charge in [0, 0.05) is 19.0 Å². The highest BCUT2D eigenvalue weighted by atomic mass is 32.2. The van der Waals surface area contributed by atoms with Crippen molar-refractivity contribution in [2.75, 3.05) is 13.1 Å². The number of rotatable bonds is 2. The van der Waals surface area contributed by atoms with Crippen molar-refractivity contribution >= 4 is 10.0 Å². The monoisotopic (exact) mass is 275 g/mol. The molecule has 0 N–H and O–H groups in total. The number of sulfonamides is 1. The van der Waals surface area contributed by atoms with E-state index in [-0.39, 0.29) is 5.92 Å². The van der Waals surface area contributed by atoms with Crippen LogP contribution in [0.4, 0.5) is 0 Å².